The maximum atomic E-state index is 11.9. The van der Waals surface area contributed by atoms with Crippen molar-refractivity contribution in [1.29, 1.82) is 0 Å². The Morgan fingerprint density at radius 2 is 1.91 bits per heavy atom. The molecule has 0 spiro atoms. The molecule has 2 aliphatic rings. The van der Waals surface area contributed by atoms with Crippen LogP contribution in [0.25, 0.3) is 0 Å². The summed E-state index contributed by atoms with van der Waals surface area (Å²) in [5, 5.41) is 10.1. The number of aliphatic hydroxyl groups excluding tert-OH is 1. The van der Waals surface area contributed by atoms with Gasteiger partial charge in [-0.05, 0) is 56.2 Å². The van der Waals surface area contributed by atoms with E-state index >= 15 is 0 Å². The second kappa shape index (κ2) is 9.61. The molecule has 2 unspecified atom stereocenters. The van der Waals surface area contributed by atoms with Gasteiger partial charge in [0, 0.05) is 43.2 Å². The molecular formula is C29H39NO4. The van der Waals surface area contributed by atoms with Crippen molar-refractivity contribution in [2.75, 3.05) is 11.9 Å². The number of esters is 1. The molecule has 184 valence electrons. The number of fused-ring (bicyclic) bond motifs is 1. The van der Waals surface area contributed by atoms with Crippen LogP contribution in [0.1, 0.15) is 80.7 Å². The predicted octanol–water partition coefficient (Wildman–Crippen LogP) is 5.47. The first kappa shape index (κ1) is 24.6. The van der Waals surface area contributed by atoms with E-state index in [1.807, 2.05) is 0 Å². The summed E-state index contributed by atoms with van der Waals surface area (Å²) in [6.07, 6.45) is 2.05. The van der Waals surface area contributed by atoms with E-state index in [1.165, 1.54) is 33.5 Å². The first-order valence-electron chi connectivity index (χ1n) is 12.6. The third kappa shape index (κ3) is 5.10. The summed E-state index contributed by atoms with van der Waals surface area (Å²) >= 11 is 0. The molecule has 1 saturated heterocycles. The Hall–Kier alpha value is -2.53. The van der Waals surface area contributed by atoms with Crippen LogP contribution in [0, 0.1) is 6.92 Å². The molecule has 0 bridgehead atoms. The van der Waals surface area contributed by atoms with Crippen molar-refractivity contribution >= 4 is 11.7 Å². The van der Waals surface area contributed by atoms with Crippen LogP contribution in [-0.2, 0) is 28.9 Å². The number of carbonyl (C=O) groups excluding carboxylic acids is 1. The highest BCUT2D eigenvalue weighted by molar-refractivity contribution is 5.72. The first-order valence-corrected chi connectivity index (χ1v) is 12.6. The van der Waals surface area contributed by atoms with E-state index in [9.17, 15) is 9.90 Å². The van der Waals surface area contributed by atoms with E-state index in [0.717, 1.165) is 25.1 Å². The summed E-state index contributed by atoms with van der Waals surface area (Å²) in [4.78, 5) is 14.3. The van der Waals surface area contributed by atoms with Crippen LogP contribution in [0.3, 0.4) is 0 Å². The summed E-state index contributed by atoms with van der Waals surface area (Å²) in [5.74, 6) is 1.02. The lowest BCUT2D eigenvalue weighted by atomic mass is 9.84. The molecule has 1 N–H and O–H groups in total. The van der Waals surface area contributed by atoms with Crippen LogP contribution in [0.4, 0.5) is 5.69 Å². The normalized spacial score (nSPS) is 21.2. The standard InChI is InChI=1S/C29H39NO4/c1-18(2)26-23(13-12-22-14-21(31)15-25(32)33-22)28-24(16-29(4,5)34-28)19(3)27(26)30(6)17-20-10-8-7-9-11-20/h7-11,18,21-22,31H,12-17H2,1-6H3. The number of hydrogen-bond acceptors (Lipinski definition) is 5. The van der Waals surface area contributed by atoms with Gasteiger partial charge in [-0.15, -0.1) is 0 Å². The lowest BCUT2D eigenvalue weighted by molar-refractivity contribution is -0.160. The minimum absolute atomic E-state index is 0.0966. The van der Waals surface area contributed by atoms with Crippen molar-refractivity contribution in [2.24, 2.45) is 0 Å². The molecule has 0 aromatic heterocycles. The predicted molar refractivity (Wildman–Crippen MR) is 136 cm³/mol. The largest absolute Gasteiger partial charge is 0.487 e. The fourth-order valence-corrected chi connectivity index (χ4v) is 5.68. The number of benzene rings is 2. The van der Waals surface area contributed by atoms with Gasteiger partial charge >= 0.3 is 5.97 Å². The quantitative estimate of drug-likeness (QED) is 0.550. The van der Waals surface area contributed by atoms with E-state index in [-0.39, 0.29) is 24.1 Å². The number of nitrogens with zero attached hydrogens (tertiary/aromatic N) is 1. The fourth-order valence-electron chi connectivity index (χ4n) is 5.68. The fraction of sp³-hybridized carbons (Fsp3) is 0.552. The summed E-state index contributed by atoms with van der Waals surface area (Å²) in [6, 6.07) is 10.6. The highest BCUT2D eigenvalue weighted by atomic mass is 16.5. The van der Waals surface area contributed by atoms with Crippen molar-refractivity contribution in [3.8, 4) is 5.75 Å². The maximum Gasteiger partial charge on any atom is 0.308 e. The number of rotatable bonds is 7. The van der Waals surface area contributed by atoms with Gasteiger partial charge in [-0.3, -0.25) is 4.79 Å². The third-order valence-corrected chi connectivity index (χ3v) is 7.09. The molecule has 0 saturated carbocycles. The Balaban J connectivity index is 1.75. The summed E-state index contributed by atoms with van der Waals surface area (Å²) in [6.45, 7) is 11.9. The molecule has 2 heterocycles. The Morgan fingerprint density at radius 1 is 1.21 bits per heavy atom. The van der Waals surface area contributed by atoms with Gasteiger partial charge in [0.05, 0.1) is 12.5 Å². The number of ether oxygens (including phenoxy) is 2. The summed E-state index contributed by atoms with van der Waals surface area (Å²) in [7, 11) is 2.18. The molecule has 0 radical (unpaired) electrons. The Kier molecular flexibility index (Phi) is 6.95. The van der Waals surface area contributed by atoms with Gasteiger partial charge in [-0.1, -0.05) is 44.2 Å². The molecule has 5 nitrogen and oxygen atoms in total. The average molecular weight is 466 g/mol. The molecule has 5 heteroatoms. The second-order valence-electron chi connectivity index (χ2n) is 11.0. The first-order chi connectivity index (χ1) is 16.1. The van der Waals surface area contributed by atoms with Gasteiger partial charge in [0.25, 0.3) is 0 Å². The highest BCUT2D eigenvalue weighted by Gasteiger charge is 2.37. The SMILES string of the molecule is Cc1c2c(c(CCC3CC(O)CC(=O)O3)c(C(C)C)c1N(C)Cc1ccccc1)OC(C)(C)C2. The smallest absolute Gasteiger partial charge is 0.308 e. The van der Waals surface area contributed by atoms with Gasteiger partial charge in [0.1, 0.15) is 17.5 Å². The highest BCUT2D eigenvalue weighted by Crippen LogP contribution is 2.48. The second-order valence-corrected chi connectivity index (χ2v) is 11.0. The minimum atomic E-state index is -0.609. The number of cyclic esters (lactones) is 1. The zero-order chi connectivity index (χ0) is 24.6. The van der Waals surface area contributed by atoms with Crippen LogP contribution in [-0.4, -0.2) is 35.9 Å². The van der Waals surface area contributed by atoms with Crippen LogP contribution in [0.5, 0.6) is 5.75 Å². The van der Waals surface area contributed by atoms with Crippen LogP contribution in [0.15, 0.2) is 30.3 Å². The van der Waals surface area contributed by atoms with Crippen LogP contribution >= 0.6 is 0 Å². The molecule has 2 aromatic rings. The zero-order valence-electron chi connectivity index (χ0n) is 21.5. The van der Waals surface area contributed by atoms with E-state index in [0.29, 0.717) is 18.8 Å². The lowest BCUT2D eigenvalue weighted by Gasteiger charge is -2.31. The monoisotopic (exact) mass is 465 g/mol. The van der Waals surface area contributed by atoms with Gasteiger partial charge in [-0.2, -0.15) is 0 Å². The third-order valence-electron chi connectivity index (χ3n) is 7.09. The average Bonchev–Trinajstić information content (AvgIpc) is 3.08. The molecule has 2 aromatic carbocycles. The van der Waals surface area contributed by atoms with Gasteiger partial charge in [-0.25, -0.2) is 0 Å². The van der Waals surface area contributed by atoms with E-state index < -0.39 is 6.10 Å². The maximum absolute atomic E-state index is 11.9. The molecule has 1 fully saturated rings. The van der Waals surface area contributed by atoms with E-state index in [1.54, 1.807) is 0 Å². The van der Waals surface area contributed by atoms with Crippen LogP contribution < -0.4 is 9.64 Å². The van der Waals surface area contributed by atoms with Crippen molar-refractivity contribution in [2.45, 2.75) is 97.0 Å². The Bertz CT molecular complexity index is 1040. The van der Waals surface area contributed by atoms with Crippen molar-refractivity contribution < 1.29 is 19.4 Å². The van der Waals surface area contributed by atoms with Crippen LogP contribution in [0.2, 0.25) is 0 Å². The van der Waals surface area contributed by atoms with Gasteiger partial charge in [0.15, 0.2) is 0 Å². The minimum Gasteiger partial charge on any atom is -0.487 e. The Labute approximate surface area is 204 Å². The summed E-state index contributed by atoms with van der Waals surface area (Å²) in [5.41, 5.74) is 7.45. The molecule has 0 amide bonds. The van der Waals surface area contributed by atoms with E-state index in [2.05, 4.69) is 76.9 Å². The topological polar surface area (TPSA) is 59.0 Å². The molecule has 2 atom stereocenters. The summed E-state index contributed by atoms with van der Waals surface area (Å²) < 4.78 is 12.1. The molecule has 0 aliphatic carbocycles. The number of aliphatic hydroxyl groups is 1. The molecular weight excluding hydrogens is 426 g/mol. The molecule has 2 aliphatic heterocycles. The van der Waals surface area contributed by atoms with Crippen molar-refractivity contribution in [1.82, 2.24) is 0 Å². The Morgan fingerprint density at radius 3 is 2.56 bits per heavy atom. The van der Waals surface area contributed by atoms with Crippen molar-refractivity contribution in [3.05, 3.63) is 58.1 Å². The number of carbonyl (C=O) groups is 1. The van der Waals surface area contributed by atoms with Crippen molar-refractivity contribution in [3.63, 3.8) is 0 Å². The number of hydrogen-bond donors (Lipinski definition) is 1. The zero-order valence-corrected chi connectivity index (χ0v) is 21.5. The van der Waals surface area contributed by atoms with Gasteiger partial charge < -0.3 is 19.5 Å². The van der Waals surface area contributed by atoms with E-state index in [4.69, 9.17) is 9.47 Å². The lowest BCUT2D eigenvalue weighted by Crippen LogP contribution is -2.33. The van der Waals surface area contributed by atoms with Gasteiger partial charge in [0.2, 0.25) is 0 Å². The molecule has 34 heavy (non-hydrogen) atoms. The number of anilines is 1. The molecule has 4 rings (SSSR count).